The van der Waals surface area contributed by atoms with Crippen molar-refractivity contribution >= 4 is 33.5 Å². The molecular weight excluding hydrogens is 398 g/mol. The van der Waals surface area contributed by atoms with E-state index >= 15 is 0 Å². The average Bonchev–Trinajstić information content (AvgIpc) is 3.29. The lowest BCUT2D eigenvalue weighted by atomic mass is 9.75. The number of nitrogens with zero attached hydrogens (tertiary/aromatic N) is 1. The maximum absolute atomic E-state index is 2.49. The van der Waals surface area contributed by atoms with Crippen molar-refractivity contribution < 1.29 is 0 Å². The highest BCUT2D eigenvalue weighted by Crippen LogP contribution is 2.50. The van der Waals surface area contributed by atoms with E-state index in [-0.39, 0.29) is 10.8 Å². The third-order valence-corrected chi connectivity index (χ3v) is 8.20. The predicted molar refractivity (Wildman–Crippen MR) is 140 cm³/mol. The van der Waals surface area contributed by atoms with E-state index in [4.69, 9.17) is 0 Å². The van der Waals surface area contributed by atoms with Gasteiger partial charge in [-0.2, -0.15) is 0 Å². The summed E-state index contributed by atoms with van der Waals surface area (Å²) in [5, 5.41) is 2.69. The molecule has 0 saturated carbocycles. The summed E-state index contributed by atoms with van der Waals surface area (Å²) >= 11 is 0. The maximum atomic E-state index is 2.49. The van der Waals surface area contributed by atoms with Gasteiger partial charge in [0.15, 0.2) is 0 Å². The Morgan fingerprint density at radius 2 is 1.33 bits per heavy atom. The van der Waals surface area contributed by atoms with E-state index < -0.39 is 0 Å². The van der Waals surface area contributed by atoms with Gasteiger partial charge in [0, 0.05) is 21.6 Å². The number of fused-ring (bicyclic) bond motifs is 6. The molecule has 0 N–H and O–H groups in total. The molecule has 0 spiro atoms. The Labute approximate surface area is 195 Å². The van der Waals surface area contributed by atoms with Crippen molar-refractivity contribution in [3.63, 3.8) is 0 Å². The second kappa shape index (κ2) is 6.05. The van der Waals surface area contributed by atoms with E-state index in [0.29, 0.717) is 0 Å². The van der Waals surface area contributed by atoms with Gasteiger partial charge in [-0.1, -0.05) is 94.4 Å². The summed E-state index contributed by atoms with van der Waals surface area (Å²) in [5.74, 6) is 0. The molecule has 0 atom stereocenters. The van der Waals surface area contributed by atoms with Crippen molar-refractivity contribution in [1.29, 1.82) is 0 Å². The normalized spacial score (nSPS) is 17.2. The van der Waals surface area contributed by atoms with Gasteiger partial charge in [0.1, 0.15) is 0 Å². The van der Waals surface area contributed by atoms with Gasteiger partial charge in [-0.25, -0.2) is 0 Å². The fraction of sp³-hybridized carbons (Fsp3) is 0.188. The number of hydrogen-bond donors (Lipinski definition) is 0. The first kappa shape index (κ1) is 18.9. The molecular formula is C32H27N. The Morgan fingerprint density at radius 1 is 0.606 bits per heavy atom. The Hall–Kier alpha value is -3.58. The van der Waals surface area contributed by atoms with Crippen molar-refractivity contribution in [3.05, 3.63) is 113 Å². The van der Waals surface area contributed by atoms with Crippen LogP contribution in [0.15, 0.2) is 84.9 Å². The van der Waals surface area contributed by atoms with Gasteiger partial charge in [0.25, 0.3) is 0 Å². The van der Waals surface area contributed by atoms with E-state index in [0.717, 1.165) is 0 Å². The molecule has 1 heteroatoms. The van der Waals surface area contributed by atoms with E-state index in [2.05, 4.69) is 123 Å². The van der Waals surface area contributed by atoms with Crippen molar-refractivity contribution in [1.82, 2.24) is 4.57 Å². The SMILES string of the molecule is CC1(C)C(c2ccc3c(c2)c2cccc4c2n3-c2ccccc2C4(C)C)=Cc2ccccc21. The fourth-order valence-corrected chi connectivity index (χ4v) is 6.45. The molecule has 1 aliphatic carbocycles. The second-order valence-electron chi connectivity index (χ2n) is 10.7. The van der Waals surface area contributed by atoms with Crippen LogP contribution in [0.5, 0.6) is 0 Å². The molecule has 0 unspecified atom stereocenters. The van der Waals surface area contributed by atoms with Gasteiger partial charge in [0.2, 0.25) is 0 Å². The van der Waals surface area contributed by atoms with Crippen LogP contribution in [0.1, 0.15) is 55.5 Å². The van der Waals surface area contributed by atoms with Crippen LogP contribution in [0.2, 0.25) is 0 Å². The third-order valence-electron chi connectivity index (χ3n) is 8.20. The highest BCUT2D eigenvalue weighted by atomic mass is 15.0. The zero-order valence-corrected chi connectivity index (χ0v) is 19.6. The van der Waals surface area contributed by atoms with E-state index in [1.165, 1.54) is 60.9 Å². The minimum Gasteiger partial charge on any atom is -0.309 e. The molecule has 0 amide bonds. The molecule has 2 heterocycles. The second-order valence-corrected chi connectivity index (χ2v) is 10.7. The van der Waals surface area contributed by atoms with Gasteiger partial charge in [-0.05, 0) is 57.7 Å². The van der Waals surface area contributed by atoms with Crippen LogP contribution in [-0.4, -0.2) is 4.57 Å². The summed E-state index contributed by atoms with van der Waals surface area (Å²) in [6.45, 7) is 9.42. The minimum absolute atomic E-state index is 0.00362. The molecule has 7 rings (SSSR count). The zero-order chi connectivity index (χ0) is 22.5. The Morgan fingerprint density at radius 3 is 2.15 bits per heavy atom. The van der Waals surface area contributed by atoms with Crippen molar-refractivity contribution in [2.45, 2.75) is 38.5 Å². The predicted octanol–water partition coefficient (Wildman–Crippen LogP) is 8.25. The van der Waals surface area contributed by atoms with Crippen LogP contribution >= 0.6 is 0 Å². The zero-order valence-electron chi connectivity index (χ0n) is 19.6. The Kier molecular flexibility index (Phi) is 3.47. The fourth-order valence-electron chi connectivity index (χ4n) is 6.45. The molecule has 0 radical (unpaired) electrons. The minimum atomic E-state index is -0.0269. The number of allylic oxidation sites excluding steroid dienone is 1. The molecule has 0 fully saturated rings. The summed E-state index contributed by atoms with van der Waals surface area (Å²) in [5.41, 5.74) is 12.2. The number of aromatic nitrogens is 1. The van der Waals surface area contributed by atoms with Gasteiger partial charge in [-0.15, -0.1) is 0 Å². The topological polar surface area (TPSA) is 4.93 Å². The van der Waals surface area contributed by atoms with Crippen molar-refractivity contribution in [2.75, 3.05) is 0 Å². The number of hydrogen-bond acceptors (Lipinski definition) is 0. The molecule has 4 aromatic carbocycles. The standard InChI is InChI=1S/C32H27N/c1-31(2)24-12-6-5-10-20(24)19-27(31)21-16-17-28-23(18-21)22-11-9-14-26-30(22)33(28)29-15-8-7-13-25(29)32(26,3)4/h5-19H,1-4H3. The van der Waals surface area contributed by atoms with Crippen LogP contribution in [-0.2, 0) is 10.8 Å². The van der Waals surface area contributed by atoms with Crippen LogP contribution < -0.4 is 0 Å². The first-order chi connectivity index (χ1) is 15.9. The quantitative estimate of drug-likeness (QED) is 0.255. The molecule has 0 saturated heterocycles. The Bertz CT molecular complexity index is 1660. The highest BCUT2D eigenvalue weighted by Gasteiger charge is 2.36. The van der Waals surface area contributed by atoms with Crippen molar-refractivity contribution in [2.24, 2.45) is 0 Å². The average molecular weight is 426 g/mol. The molecule has 1 aromatic heterocycles. The third kappa shape index (κ3) is 2.27. The van der Waals surface area contributed by atoms with Gasteiger partial charge in [-0.3, -0.25) is 0 Å². The molecule has 33 heavy (non-hydrogen) atoms. The van der Waals surface area contributed by atoms with Crippen LogP contribution in [0, 0.1) is 0 Å². The molecule has 2 aliphatic rings. The van der Waals surface area contributed by atoms with E-state index in [9.17, 15) is 0 Å². The molecule has 0 bridgehead atoms. The first-order valence-electron chi connectivity index (χ1n) is 11.9. The molecule has 5 aromatic rings. The van der Waals surface area contributed by atoms with E-state index in [1.807, 2.05) is 0 Å². The highest BCUT2D eigenvalue weighted by molar-refractivity contribution is 6.12. The van der Waals surface area contributed by atoms with Gasteiger partial charge >= 0.3 is 0 Å². The lowest BCUT2D eigenvalue weighted by molar-refractivity contribution is 0.630. The number of benzene rings is 4. The van der Waals surface area contributed by atoms with Crippen LogP contribution in [0.4, 0.5) is 0 Å². The summed E-state index contributed by atoms with van der Waals surface area (Å²) in [6.07, 6.45) is 2.39. The van der Waals surface area contributed by atoms with Gasteiger partial charge in [0.05, 0.1) is 16.7 Å². The van der Waals surface area contributed by atoms with Crippen LogP contribution in [0.25, 0.3) is 39.1 Å². The number of rotatable bonds is 1. The van der Waals surface area contributed by atoms with Crippen molar-refractivity contribution in [3.8, 4) is 5.69 Å². The van der Waals surface area contributed by atoms with E-state index in [1.54, 1.807) is 0 Å². The molecule has 160 valence electrons. The largest absolute Gasteiger partial charge is 0.309 e. The summed E-state index contributed by atoms with van der Waals surface area (Å²) in [7, 11) is 0. The van der Waals surface area contributed by atoms with Gasteiger partial charge < -0.3 is 4.57 Å². The summed E-state index contributed by atoms with van der Waals surface area (Å²) in [6, 6.07) is 31.7. The molecule has 1 aliphatic heterocycles. The van der Waals surface area contributed by atoms with Crippen LogP contribution in [0.3, 0.4) is 0 Å². The lowest BCUT2D eigenvalue weighted by Crippen LogP contribution is -2.26. The Balaban J connectivity index is 1.55. The maximum Gasteiger partial charge on any atom is 0.0582 e. The lowest BCUT2D eigenvalue weighted by Gasteiger charge is -2.34. The summed E-state index contributed by atoms with van der Waals surface area (Å²) in [4.78, 5) is 0. The monoisotopic (exact) mass is 425 g/mol. The molecule has 1 nitrogen and oxygen atoms in total. The summed E-state index contributed by atoms with van der Waals surface area (Å²) < 4.78 is 2.49. The first-order valence-corrected chi connectivity index (χ1v) is 11.9. The number of para-hydroxylation sites is 2. The smallest absolute Gasteiger partial charge is 0.0582 e.